The molecule has 1 saturated heterocycles. The molecule has 11 nitrogen and oxygen atoms in total. The molecule has 1 atom stereocenters. The average molecular weight is 632 g/mol. The van der Waals surface area contributed by atoms with Gasteiger partial charge in [-0.25, -0.2) is 4.98 Å². The van der Waals surface area contributed by atoms with Crippen LogP contribution in [0.1, 0.15) is 48.7 Å². The predicted molar refractivity (Wildman–Crippen MR) is 172 cm³/mol. The molecule has 238 valence electrons. The lowest BCUT2D eigenvalue weighted by Gasteiger charge is -2.25. The van der Waals surface area contributed by atoms with Crippen LogP contribution in [-0.4, -0.2) is 57.0 Å². The van der Waals surface area contributed by atoms with Gasteiger partial charge in [0.1, 0.15) is 16.9 Å². The summed E-state index contributed by atoms with van der Waals surface area (Å²) in [5.74, 6) is 5.34. The number of pyridine rings is 1. The van der Waals surface area contributed by atoms with Crippen LogP contribution in [-0.2, 0) is 28.0 Å². The van der Waals surface area contributed by atoms with Gasteiger partial charge in [-0.2, -0.15) is 5.10 Å². The van der Waals surface area contributed by atoms with Crippen LogP contribution in [0.4, 0.5) is 0 Å². The van der Waals surface area contributed by atoms with E-state index in [-0.39, 0.29) is 18.9 Å². The zero-order valence-corrected chi connectivity index (χ0v) is 26.7. The van der Waals surface area contributed by atoms with Gasteiger partial charge in [0.15, 0.2) is 5.75 Å². The van der Waals surface area contributed by atoms with Crippen molar-refractivity contribution in [3.05, 3.63) is 83.7 Å². The summed E-state index contributed by atoms with van der Waals surface area (Å²) in [6.45, 7) is 5.59. The maximum absolute atomic E-state index is 13.3. The van der Waals surface area contributed by atoms with Crippen LogP contribution in [0.25, 0.3) is 22.5 Å². The molecular formula is C36H33N5O6. The third-order valence-corrected chi connectivity index (χ3v) is 8.08. The first-order valence-corrected chi connectivity index (χ1v) is 15.0. The van der Waals surface area contributed by atoms with E-state index in [9.17, 15) is 19.2 Å². The molecule has 11 heteroatoms. The molecule has 0 aliphatic carbocycles. The molecule has 2 aromatic heterocycles. The minimum atomic E-state index is -1.41. The Balaban J connectivity index is 1.30. The summed E-state index contributed by atoms with van der Waals surface area (Å²) >= 11 is 0. The number of hydrogen-bond donors (Lipinski definition) is 1. The Hall–Kier alpha value is -5.76. The van der Waals surface area contributed by atoms with E-state index in [4.69, 9.17) is 14.5 Å². The molecule has 0 spiro atoms. The smallest absolute Gasteiger partial charge is 0.316 e. The number of hydrogen-bond acceptors (Lipinski definition) is 8. The molecular weight excluding hydrogens is 598 g/mol. The van der Waals surface area contributed by atoms with Gasteiger partial charge in [-0.05, 0) is 62.7 Å². The molecule has 2 aromatic carbocycles. The van der Waals surface area contributed by atoms with Crippen LogP contribution in [0, 0.1) is 22.7 Å². The molecule has 0 unspecified atom stereocenters. The van der Waals surface area contributed by atoms with Crippen LogP contribution in [0.15, 0.2) is 67.0 Å². The first-order chi connectivity index (χ1) is 22.3. The van der Waals surface area contributed by atoms with Crippen molar-refractivity contribution in [2.75, 3.05) is 13.7 Å². The van der Waals surface area contributed by atoms with Crippen molar-refractivity contribution in [1.82, 2.24) is 25.0 Å². The van der Waals surface area contributed by atoms with E-state index in [2.05, 4.69) is 22.3 Å². The lowest BCUT2D eigenvalue weighted by molar-refractivity contribution is -0.143. The number of esters is 1. The molecule has 1 fully saturated rings. The Bertz CT molecular complexity index is 2000. The van der Waals surface area contributed by atoms with Gasteiger partial charge >= 0.3 is 5.97 Å². The van der Waals surface area contributed by atoms with Crippen LogP contribution in [0.5, 0.6) is 11.5 Å². The molecule has 2 aliphatic heterocycles. The quantitative estimate of drug-likeness (QED) is 0.191. The van der Waals surface area contributed by atoms with Crippen molar-refractivity contribution >= 4 is 23.7 Å². The Morgan fingerprint density at radius 2 is 1.81 bits per heavy atom. The van der Waals surface area contributed by atoms with Gasteiger partial charge in [-0.1, -0.05) is 30.0 Å². The Labute approximate surface area is 271 Å². The second-order valence-electron chi connectivity index (χ2n) is 12.7. The van der Waals surface area contributed by atoms with E-state index in [1.165, 1.54) is 7.11 Å². The van der Waals surface area contributed by atoms with Crippen molar-refractivity contribution in [1.29, 1.82) is 0 Å². The molecule has 4 aromatic rings. The van der Waals surface area contributed by atoms with Gasteiger partial charge in [0.25, 0.3) is 5.91 Å². The molecule has 1 N–H and O–H groups in total. The number of carbonyl (C=O) groups is 4. The highest BCUT2D eigenvalue weighted by atomic mass is 16.5. The number of rotatable bonds is 6. The fourth-order valence-electron chi connectivity index (χ4n) is 5.44. The highest BCUT2D eigenvalue weighted by Gasteiger charge is 2.48. The van der Waals surface area contributed by atoms with Gasteiger partial charge in [-0.15, -0.1) is 0 Å². The predicted octanol–water partition coefficient (Wildman–Crippen LogP) is 4.15. The number of imide groups is 1. The van der Waals surface area contributed by atoms with Gasteiger partial charge in [0.2, 0.25) is 11.8 Å². The van der Waals surface area contributed by atoms with Gasteiger partial charge in [0, 0.05) is 48.6 Å². The summed E-state index contributed by atoms with van der Waals surface area (Å²) in [6.07, 6.45) is 3.39. The first-order valence-electron chi connectivity index (χ1n) is 15.0. The van der Waals surface area contributed by atoms with Crippen LogP contribution >= 0.6 is 0 Å². The molecule has 47 heavy (non-hydrogen) atoms. The lowest BCUT2D eigenvalue weighted by atomic mass is 9.85. The highest BCUT2D eigenvalue weighted by Crippen LogP contribution is 2.35. The zero-order chi connectivity index (χ0) is 33.5. The van der Waals surface area contributed by atoms with E-state index in [1.54, 1.807) is 85.1 Å². The molecule has 3 amide bonds. The van der Waals surface area contributed by atoms with E-state index in [0.29, 0.717) is 46.1 Å². The SMILES string of the molecule is COc1ccc2c(c1)C(=O)N(C[C@@]1(C#Cc3ccc(-c4nc(-c5cnn(C)c5)ccc4OC(=O)C(C)(C)C)cc3)CC(=O)NC1=O)C2. The largest absolute Gasteiger partial charge is 0.497 e. The second-order valence-corrected chi connectivity index (χ2v) is 12.7. The van der Waals surface area contributed by atoms with E-state index in [0.717, 1.165) is 11.1 Å². The minimum absolute atomic E-state index is 0.0426. The summed E-state index contributed by atoms with van der Waals surface area (Å²) in [5.41, 5.74) is 2.36. The Morgan fingerprint density at radius 3 is 2.45 bits per heavy atom. The number of aryl methyl sites for hydroxylation is 1. The van der Waals surface area contributed by atoms with Crippen molar-refractivity contribution in [2.24, 2.45) is 17.9 Å². The van der Waals surface area contributed by atoms with Gasteiger partial charge < -0.3 is 14.4 Å². The monoisotopic (exact) mass is 631 g/mol. The third kappa shape index (κ3) is 6.22. The molecule has 0 radical (unpaired) electrons. The number of fused-ring (bicyclic) bond motifs is 1. The number of nitrogens with one attached hydrogen (secondary N) is 1. The number of ether oxygens (including phenoxy) is 2. The standard InChI is InChI=1S/C36H33N5O6/c1-35(2,3)34(45)47-29-13-12-28(25-18-37-40(4)19-25)38-31(29)23-8-6-22(7-9-23)14-15-36(17-30(42)39-33(36)44)21-41-20-24-10-11-26(46-5)16-27(24)32(41)43/h6-13,16,18-19H,17,20-21H2,1-5H3,(H,39,42,44)/t36-/m1/s1. The highest BCUT2D eigenvalue weighted by molar-refractivity contribution is 6.08. The van der Waals surface area contributed by atoms with Crippen molar-refractivity contribution < 1.29 is 28.7 Å². The fourth-order valence-corrected chi connectivity index (χ4v) is 5.44. The molecule has 0 bridgehead atoms. The summed E-state index contributed by atoms with van der Waals surface area (Å²) in [6, 6.07) is 15.9. The van der Waals surface area contributed by atoms with Crippen molar-refractivity contribution in [3.8, 4) is 45.9 Å². The maximum atomic E-state index is 13.3. The molecule has 6 rings (SSSR count). The average Bonchev–Trinajstić information content (AvgIpc) is 3.70. The fraction of sp³-hybridized carbons (Fsp3) is 0.278. The zero-order valence-electron chi connectivity index (χ0n) is 26.7. The lowest BCUT2D eigenvalue weighted by Crippen LogP contribution is -2.42. The summed E-state index contributed by atoms with van der Waals surface area (Å²) in [7, 11) is 3.35. The van der Waals surface area contributed by atoms with E-state index in [1.807, 2.05) is 19.3 Å². The van der Waals surface area contributed by atoms with Crippen LogP contribution in [0.2, 0.25) is 0 Å². The van der Waals surface area contributed by atoms with E-state index >= 15 is 0 Å². The number of aromatic nitrogens is 3. The number of nitrogens with zero attached hydrogens (tertiary/aromatic N) is 4. The van der Waals surface area contributed by atoms with E-state index < -0.39 is 28.6 Å². The summed E-state index contributed by atoms with van der Waals surface area (Å²) < 4.78 is 12.7. The van der Waals surface area contributed by atoms with Crippen molar-refractivity contribution in [3.63, 3.8) is 0 Å². The Morgan fingerprint density at radius 1 is 1.04 bits per heavy atom. The first kappa shape index (κ1) is 31.2. The Kier molecular flexibility index (Phi) is 7.89. The molecule has 4 heterocycles. The molecule has 0 saturated carbocycles. The minimum Gasteiger partial charge on any atom is -0.497 e. The number of carbonyl (C=O) groups excluding carboxylic acids is 4. The summed E-state index contributed by atoms with van der Waals surface area (Å²) in [4.78, 5) is 57.9. The number of benzene rings is 2. The second kappa shape index (κ2) is 11.9. The van der Waals surface area contributed by atoms with Crippen molar-refractivity contribution in [2.45, 2.75) is 33.7 Å². The van der Waals surface area contributed by atoms with Gasteiger partial charge in [-0.3, -0.25) is 29.2 Å². The third-order valence-electron chi connectivity index (χ3n) is 8.08. The summed E-state index contributed by atoms with van der Waals surface area (Å²) in [5, 5.41) is 6.59. The molecule has 2 aliphatic rings. The van der Waals surface area contributed by atoms with Crippen LogP contribution in [0.3, 0.4) is 0 Å². The topological polar surface area (TPSA) is 133 Å². The number of methoxy groups -OCH3 is 1. The van der Waals surface area contributed by atoms with Crippen LogP contribution < -0.4 is 14.8 Å². The normalized spacial score (nSPS) is 17.2. The number of amides is 3. The maximum Gasteiger partial charge on any atom is 0.316 e. The van der Waals surface area contributed by atoms with Gasteiger partial charge in [0.05, 0.1) is 30.8 Å².